The zero-order chi connectivity index (χ0) is 13.4. The minimum Gasteiger partial charge on any atom is -0.396 e. The van der Waals surface area contributed by atoms with Crippen LogP contribution >= 0.6 is 24.8 Å². The van der Waals surface area contributed by atoms with Crippen molar-refractivity contribution in [2.24, 2.45) is 11.8 Å². The Kier molecular flexibility index (Phi) is 14.9. The zero-order valence-corrected chi connectivity index (χ0v) is 14.3. The molecule has 4 atom stereocenters. The summed E-state index contributed by atoms with van der Waals surface area (Å²) < 4.78 is 0. The van der Waals surface area contributed by atoms with Gasteiger partial charge in [-0.15, -0.1) is 24.8 Å². The number of piperidine rings is 2. The van der Waals surface area contributed by atoms with Gasteiger partial charge in [0.15, 0.2) is 0 Å². The van der Waals surface area contributed by atoms with Crippen molar-refractivity contribution in [3.63, 3.8) is 0 Å². The molecule has 0 unspecified atom stereocenters. The van der Waals surface area contributed by atoms with E-state index < -0.39 is 0 Å². The first-order valence-electron chi connectivity index (χ1n) is 7.37. The third kappa shape index (κ3) is 8.01. The number of aliphatic hydroxyl groups is 2. The lowest BCUT2D eigenvalue weighted by atomic mass is 9.93. The maximum absolute atomic E-state index is 8.82. The molecule has 2 saturated heterocycles. The van der Waals surface area contributed by atoms with E-state index in [1.165, 1.54) is 25.7 Å². The van der Waals surface area contributed by atoms with E-state index in [2.05, 4.69) is 24.5 Å². The summed E-state index contributed by atoms with van der Waals surface area (Å²) in [6.45, 7) is 7.21. The number of hydrogen-bond acceptors (Lipinski definition) is 4. The van der Waals surface area contributed by atoms with Crippen LogP contribution in [0.2, 0.25) is 0 Å². The fourth-order valence-electron chi connectivity index (χ4n) is 2.72. The molecule has 2 heterocycles. The topological polar surface area (TPSA) is 64.5 Å². The first-order chi connectivity index (χ1) is 8.69. The molecule has 0 amide bonds. The third-order valence-electron chi connectivity index (χ3n) is 4.32. The Bertz CT molecular complexity index is 201. The summed E-state index contributed by atoms with van der Waals surface area (Å²) in [5.41, 5.74) is 0. The van der Waals surface area contributed by atoms with Gasteiger partial charge in [-0.25, -0.2) is 0 Å². The van der Waals surface area contributed by atoms with Gasteiger partial charge in [-0.2, -0.15) is 0 Å². The number of rotatable bonds is 2. The van der Waals surface area contributed by atoms with Gasteiger partial charge in [-0.3, -0.25) is 0 Å². The number of nitrogens with one attached hydrogen (secondary N) is 2. The average Bonchev–Trinajstić information content (AvgIpc) is 2.41. The standard InChI is InChI=1S/2C7H15NO.2ClH/c2*1-6-7(5-9)3-2-4-8-6;;/h2*6-9H,2-5H2,1H3;2*1H/t2*6-,7-;;/m10../s1. The predicted molar refractivity (Wildman–Crippen MR) is 89.0 cm³/mol. The molecule has 20 heavy (non-hydrogen) atoms. The summed E-state index contributed by atoms with van der Waals surface area (Å²) in [4.78, 5) is 0. The molecule has 2 aliphatic heterocycles. The summed E-state index contributed by atoms with van der Waals surface area (Å²) in [5.74, 6) is 0.998. The van der Waals surface area contributed by atoms with Crippen LogP contribution < -0.4 is 10.6 Å². The van der Waals surface area contributed by atoms with Crippen LogP contribution in [0.3, 0.4) is 0 Å². The lowest BCUT2D eigenvalue weighted by Gasteiger charge is -2.27. The summed E-state index contributed by atoms with van der Waals surface area (Å²) in [5, 5.41) is 24.3. The average molecular weight is 331 g/mol. The van der Waals surface area contributed by atoms with Crippen LogP contribution in [0.5, 0.6) is 0 Å². The van der Waals surface area contributed by atoms with E-state index >= 15 is 0 Å². The predicted octanol–water partition coefficient (Wildman–Crippen LogP) is 1.58. The monoisotopic (exact) mass is 330 g/mol. The van der Waals surface area contributed by atoms with Crippen molar-refractivity contribution in [2.75, 3.05) is 26.3 Å². The Morgan fingerprint density at radius 1 is 0.800 bits per heavy atom. The summed E-state index contributed by atoms with van der Waals surface area (Å²) >= 11 is 0. The SMILES string of the molecule is C[C@@H]1NCCC[C@H]1CO.C[C@H]1NCCC[C@@H]1CO.Cl.Cl. The first kappa shape index (κ1) is 22.7. The summed E-state index contributed by atoms with van der Waals surface area (Å²) in [7, 11) is 0. The van der Waals surface area contributed by atoms with E-state index in [1.54, 1.807) is 0 Å². The van der Waals surface area contributed by atoms with Gasteiger partial charge in [-0.1, -0.05) is 0 Å². The Morgan fingerprint density at radius 2 is 1.15 bits per heavy atom. The van der Waals surface area contributed by atoms with Crippen molar-refractivity contribution in [2.45, 2.75) is 51.6 Å². The van der Waals surface area contributed by atoms with E-state index in [4.69, 9.17) is 10.2 Å². The molecule has 0 aliphatic carbocycles. The highest BCUT2D eigenvalue weighted by Crippen LogP contribution is 2.15. The van der Waals surface area contributed by atoms with Crippen molar-refractivity contribution in [1.29, 1.82) is 0 Å². The highest BCUT2D eigenvalue weighted by atomic mass is 35.5. The second kappa shape index (κ2) is 13.1. The molecule has 2 rings (SSSR count). The smallest absolute Gasteiger partial charge is 0.0474 e. The second-order valence-electron chi connectivity index (χ2n) is 5.66. The normalized spacial score (nSPS) is 33.0. The molecule has 0 bridgehead atoms. The molecular formula is C14H32Cl2N2O2. The molecule has 2 aliphatic rings. The van der Waals surface area contributed by atoms with Gasteiger partial charge in [0.25, 0.3) is 0 Å². The van der Waals surface area contributed by atoms with E-state index in [9.17, 15) is 0 Å². The molecule has 124 valence electrons. The van der Waals surface area contributed by atoms with Crippen LogP contribution in [0.4, 0.5) is 0 Å². The maximum atomic E-state index is 8.82. The minimum absolute atomic E-state index is 0. The van der Waals surface area contributed by atoms with Gasteiger partial charge >= 0.3 is 0 Å². The fourth-order valence-corrected chi connectivity index (χ4v) is 2.72. The van der Waals surface area contributed by atoms with Crippen LogP contribution in [-0.4, -0.2) is 48.6 Å². The van der Waals surface area contributed by atoms with Crippen molar-refractivity contribution >= 4 is 24.8 Å². The second-order valence-corrected chi connectivity index (χ2v) is 5.66. The Morgan fingerprint density at radius 3 is 1.35 bits per heavy atom. The molecule has 0 aromatic rings. The van der Waals surface area contributed by atoms with E-state index in [-0.39, 0.29) is 24.8 Å². The molecule has 0 spiro atoms. The Labute approximate surface area is 135 Å². The van der Waals surface area contributed by atoms with Gasteiger partial charge in [0.05, 0.1) is 0 Å². The molecule has 2 fully saturated rings. The van der Waals surface area contributed by atoms with Gasteiger partial charge in [-0.05, 0) is 64.5 Å². The van der Waals surface area contributed by atoms with E-state index in [1.807, 2.05) is 0 Å². The van der Waals surface area contributed by atoms with Crippen LogP contribution in [0.25, 0.3) is 0 Å². The molecule has 6 heteroatoms. The number of halogens is 2. The molecule has 0 aromatic heterocycles. The largest absolute Gasteiger partial charge is 0.396 e. The van der Waals surface area contributed by atoms with Crippen molar-refractivity contribution in [3.05, 3.63) is 0 Å². The number of aliphatic hydroxyl groups excluding tert-OH is 2. The summed E-state index contributed by atoms with van der Waals surface area (Å²) in [6.07, 6.45) is 4.81. The van der Waals surface area contributed by atoms with Crippen LogP contribution in [0.1, 0.15) is 39.5 Å². The number of hydrogen-bond donors (Lipinski definition) is 4. The molecule has 4 N–H and O–H groups in total. The fraction of sp³-hybridized carbons (Fsp3) is 1.00. The quantitative estimate of drug-likeness (QED) is 0.620. The zero-order valence-electron chi connectivity index (χ0n) is 12.7. The highest BCUT2D eigenvalue weighted by molar-refractivity contribution is 5.85. The maximum Gasteiger partial charge on any atom is 0.0474 e. The van der Waals surface area contributed by atoms with Crippen LogP contribution in [0, 0.1) is 11.8 Å². The van der Waals surface area contributed by atoms with E-state index in [0.29, 0.717) is 37.1 Å². The van der Waals surface area contributed by atoms with Crippen LogP contribution in [0.15, 0.2) is 0 Å². The van der Waals surface area contributed by atoms with Crippen LogP contribution in [-0.2, 0) is 0 Å². The molecular weight excluding hydrogens is 299 g/mol. The van der Waals surface area contributed by atoms with E-state index in [0.717, 1.165) is 13.1 Å². The molecule has 0 aromatic carbocycles. The van der Waals surface area contributed by atoms with Gasteiger partial charge in [0.2, 0.25) is 0 Å². The first-order valence-corrected chi connectivity index (χ1v) is 7.37. The molecule has 0 saturated carbocycles. The summed E-state index contributed by atoms with van der Waals surface area (Å²) in [6, 6.07) is 1.03. The third-order valence-corrected chi connectivity index (χ3v) is 4.32. The van der Waals surface area contributed by atoms with Crippen molar-refractivity contribution in [1.82, 2.24) is 10.6 Å². The van der Waals surface area contributed by atoms with Gasteiger partial charge < -0.3 is 20.8 Å². The lowest BCUT2D eigenvalue weighted by molar-refractivity contribution is 0.166. The molecule has 0 radical (unpaired) electrons. The van der Waals surface area contributed by atoms with Gasteiger partial charge in [0, 0.05) is 25.3 Å². The highest BCUT2D eigenvalue weighted by Gasteiger charge is 2.19. The Hall–Kier alpha value is 0.420. The molecule has 4 nitrogen and oxygen atoms in total. The minimum atomic E-state index is 0. The Balaban J connectivity index is 0. The van der Waals surface area contributed by atoms with Gasteiger partial charge in [0.1, 0.15) is 0 Å². The van der Waals surface area contributed by atoms with Crippen molar-refractivity contribution < 1.29 is 10.2 Å². The van der Waals surface area contributed by atoms with Crippen molar-refractivity contribution in [3.8, 4) is 0 Å². The lowest BCUT2D eigenvalue weighted by Crippen LogP contribution is -2.40.